The number of unbranched alkanes of at least 4 members (excludes halogenated alkanes) is 1. The van der Waals surface area contributed by atoms with E-state index in [0.29, 0.717) is 43.2 Å². The van der Waals surface area contributed by atoms with Gasteiger partial charge in [0.25, 0.3) is 5.91 Å². The van der Waals surface area contributed by atoms with E-state index < -0.39 is 6.09 Å². The van der Waals surface area contributed by atoms with E-state index in [1.807, 2.05) is 25.1 Å². The highest BCUT2D eigenvalue weighted by Gasteiger charge is 2.17. The van der Waals surface area contributed by atoms with E-state index in [0.717, 1.165) is 47.9 Å². The number of ether oxygens (including phenoxy) is 1. The third-order valence-corrected chi connectivity index (χ3v) is 6.88. The first-order valence-corrected chi connectivity index (χ1v) is 13.5. The molecule has 3 heterocycles. The van der Waals surface area contributed by atoms with Crippen LogP contribution < -0.4 is 15.5 Å². The largest absolute Gasteiger partial charge is 0.450 e. The molecule has 4 N–H and O–H groups in total. The maximum absolute atomic E-state index is 12.8. The van der Waals surface area contributed by atoms with E-state index in [1.54, 1.807) is 6.07 Å². The van der Waals surface area contributed by atoms with E-state index in [1.165, 1.54) is 24.9 Å². The van der Waals surface area contributed by atoms with E-state index in [-0.39, 0.29) is 5.91 Å². The van der Waals surface area contributed by atoms with Crippen molar-refractivity contribution in [1.82, 2.24) is 30.8 Å². The molecule has 0 saturated carbocycles. The van der Waals surface area contributed by atoms with Crippen molar-refractivity contribution in [2.75, 3.05) is 37.7 Å². The fourth-order valence-corrected chi connectivity index (χ4v) is 4.74. The molecule has 0 aliphatic carbocycles. The molecule has 0 spiro atoms. The Balaban J connectivity index is 1.23. The standard InChI is InChI=1S/C28H35N7O3/c1-2-3-16-38-28(37)30-13-7-12-29-27(36)19-8-10-22-21(17-19)25(34-33-22)26-31-23-11-9-20(18-24(23)32-26)35-14-5-4-6-15-35/h8-11,17-18H,2-7,12-16H2,1H3,(H,29,36)(H,30,37)(H,31,32)(H,33,34). The lowest BCUT2D eigenvalue weighted by atomic mass is 10.1. The number of hydrogen-bond acceptors (Lipinski definition) is 6. The smallest absolute Gasteiger partial charge is 0.407 e. The SMILES string of the molecule is CCCCOC(=O)NCCCNC(=O)c1ccc2[nH]nc(-c3nc4ccc(N5CCCCC5)cc4[nH]3)c2c1. The molecule has 2 aromatic carbocycles. The van der Waals surface area contributed by atoms with Crippen molar-refractivity contribution in [2.45, 2.75) is 45.4 Å². The van der Waals surface area contributed by atoms with Crippen LogP contribution in [0.5, 0.6) is 0 Å². The number of benzene rings is 2. The summed E-state index contributed by atoms with van der Waals surface area (Å²) in [6.07, 6.45) is 5.76. The summed E-state index contributed by atoms with van der Waals surface area (Å²) in [6.45, 7) is 5.51. The van der Waals surface area contributed by atoms with Gasteiger partial charge in [-0.2, -0.15) is 5.10 Å². The molecule has 0 radical (unpaired) electrons. The number of hydrogen-bond donors (Lipinski definition) is 4. The first-order chi connectivity index (χ1) is 18.6. The van der Waals surface area contributed by atoms with Crippen LogP contribution >= 0.6 is 0 Å². The molecule has 38 heavy (non-hydrogen) atoms. The predicted octanol–water partition coefficient (Wildman–Crippen LogP) is 4.74. The molecule has 5 rings (SSSR count). The minimum Gasteiger partial charge on any atom is -0.450 e. The number of nitrogens with one attached hydrogen (secondary N) is 4. The van der Waals surface area contributed by atoms with E-state index in [2.05, 4.69) is 42.8 Å². The first-order valence-electron chi connectivity index (χ1n) is 13.5. The Kier molecular flexibility index (Phi) is 8.06. The molecule has 0 unspecified atom stereocenters. The van der Waals surface area contributed by atoms with Crippen LogP contribution in [0.1, 0.15) is 55.8 Å². The molecule has 1 saturated heterocycles. The Bertz CT molecular complexity index is 1400. The topological polar surface area (TPSA) is 128 Å². The number of nitrogens with zero attached hydrogens (tertiary/aromatic N) is 3. The lowest BCUT2D eigenvalue weighted by Crippen LogP contribution is -2.30. The van der Waals surface area contributed by atoms with Crippen molar-refractivity contribution >= 4 is 39.6 Å². The van der Waals surface area contributed by atoms with Crippen LogP contribution in [0.3, 0.4) is 0 Å². The molecule has 1 aliphatic rings. The van der Waals surface area contributed by atoms with Gasteiger partial charge in [0.15, 0.2) is 5.82 Å². The van der Waals surface area contributed by atoms with E-state index in [4.69, 9.17) is 9.72 Å². The van der Waals surface area contributed by atoms with Gasteiger partial charge in [0.05, 0.1) is 23.2 Å². The normalized spacial score (nSPS) is 13.7. The first kappa shape index (κ1) is 25.6. The molecule has 0 bridgehead atoms. The number of imidazole rings is 1. The number of aromatic nitrogens is 4. The third kappa shape index (κ3) is 5.90. The Labute approximate surface area is 221 Å². The van der Waals surface area contributed by atoms with Crippen molar-refractivity contribution in [1.29, 1.82) is 0 Å². The molecule has 10 nitrogen and oxygen atoms in total. The summed E-state index contributed by atoms with van der Waals surface area (Å²) in [4.78, 5) is 35.0. The summed E-state index contributed by atoms with van der Waals surface area (Å²) in [5.74, 6) is 0.483. The fraction of sp³-hybridized carbons (Fsp3) is 0.429. The number of piperidine rings is 1. The summed E-state index contributed by atoms with van der Waals surface area (Å²) in [5, 5.41) is 14.0. The molecule has 2 aromatic heterocycles. The second-order valence-corrected chi connectivity index (χ2v) is 9.69. The zero-order valence-electron chi connectivity index (χ0n) is 21.8. The van der Waals surface area contributed by atoms with Crippen LogP contribution in [-0.4, -0.2) is 65.0 Å². The summed E-state index contributed by atoms with van der Waals surface area (Å²) in [5.41, 5.74) is 5.11. The maximum Gasteiger partial charge on any atom is 0.407 e. The minimum atomic E-state index is -0.420. The fourth-order valence-electron chi connectivity index (χ4n) is 4.74. The number of aromatic amines is 2. The number of H-pyrrole nitrogens is 2. The van der Waals surface area contributed by atoms with Crippen LogP contribution in [0.4, 0.5) is 10.5 Å². The third-order valence-electron chi connectivity index (χ3n) is 6.88. The molecule has 10 heteroatoms. The lowest BCUT2D eigenvalue weighted by Gasteiger charge is -2.28. The predicted molar refractivity (Wildman–Crippen MR) is 148 cm³/mol. The van der Waals surface area contributed by atoms with Gasteiger partial charge in [0.2, 0.25) is 0 Å². The molecule has 0 atom stereocenters. The monoisotopic (exact) mass is 517 g/mol. The quantitative estimate of drug-likeness (QED) is 0.225. The van der Waals surface area contributed by atoms with Crippen molar-refractivity contribution in [3.05, 3.63) is 42.0 Å². The highest BCUT2D eigenvalue weighted by atomic mass is 16.5. The Morgan fingerprint density at radius 3 is 2.68 bits per heavy atom. The summed E-state index contributed by atoms with van der Waals surface area (Å²) >= 11 is 0. The van der Waals surface area contributed by atoms with Gasteiger partial charge in [-0.25, -0.2) is 9.78 Å². The van der Waals surface area contributed by atoms with Crippen molar-refractivity contribution in [3.63, 3.8) is 0 Å². The van der Waals surface area contributed by atoms with E-state index >= 15 is 0 Å². The number of amides is 2. The number of carbonyl (C=O) groups is 2. The average Bonchev–Trinajstić information content (AvgIpc) is 3.56. The Morgan fingerprint density at radius 1 is 1.00 bits per heavy atom. The summed E-state index contributed by atoms with van der Waals surface area (Å²) in [7, 11) is 0. The van der Waals surface area contributed by atoms with Crippen LogP contribution in [0, 0.1) is 0 Å². The van der Waals surface area contributed by atoms with Crippen LogP contribution in [0.2, 0.25) is 0 Å². The lowest BCUT2D eigenvalue weighted by molar-refractivity contribution is 0.0953. The maximum atomic E-state index is 12.8. The van der Waals surface area contributed by atoms with Crippen molar-refractivity contribution in [2.24, 2.45) is 0 Å². The number of rotatable bonds is 10. The van der Waals surface area contributed by atoms with Gasteiger partial charge in [-0.1, -0.05) is 13.3 Å². The molecule has 4 aromatic rings. The van der Waals surface area contributed by atoms with Gasteiger partial charge >= 0.3 is 6.09 Å². The molecule has 2 amide bonds. The highest BCUT2D eigenvalue weighted by molar-refractivity contribution is 6.01. The van der Waals surface area contributed by atoms with Crippen LogP contribution in [-0.2, 0) is 4.74 Å². The van der Waals surface area contributed by atoms with E-state index in [9.17, 15) is 9.59 Å². The summed E-state index contributed by atoms with van der Waals surface area (Å²) in [6, 6.07) is 11.8. The Hall–Kier alpha value is -4.08. The average molecular weight is 518 g/mol. The van der Waals surface area contributed by atoms with Gasteiger partial charge in [-0.3, -0.25) is 9.89 Å². The van der Waals surface area contributed by atoms with Crippen LogP contribution in [0.15, 0.2) is 36.4 Å². The Morgan fingerprint density at radius 2 is 1.84 bits per heavy atom. The number of alkyl carbamates (subject to hydrolysis) is 1. The second-order valence-electron chi connectivity index (χ2n) is 9.69. The van der Waals surface area contributed by atoms with Gasteiger partial charge in [-0.05, 0) is 68.5 Å². The molecular formula is C28H35N7O3. The molecule has 1 aliphatic heterocycles. The van der Waals surface area contributed by atoms with Gasteiger partial charge in [0, 0.05) is 42.8 Å². The zero-order chi connectivity index (χ0) is 26.3. The minimum absolute atomic E-state index is 0.180. The van der Waals surface area contributed by atoms with Gasteiger partial charge < -0.3 is 25.3 Å². The number of carbonyl (C=O) groups excluding carboxylic acids is 2. The zero-order valence-corrected chi connectivity index (χ0v) is 21.8. The second kappa shape index (κ2) is 12.0. The highest BCUT2D eigenvalue weighted by Crippen LogP contribution is 2.29. The van der Waals surface area contributed by atoms with Crippen molar-refractivity contribution < 1.29 is 14.3 Å². The van der Waals surface area contributed by atoms with Crippen molar-refractivity contribution in [3.8, 4) is 11.5 Å². The van der Waals surface area contributed by atoms with Crippen LogP contribution in [0.25, 0.3) is 33.5 Å². The molecule has 200 valence electrons. The van der Waals surface area contributed by atoms with Gasteiger partial charge in [0.1, 0.15) is 5.69 Å². The number of anilines is 1. The molecule has 1 fully saturated rings. The molecular weight excluding hydrogens is 482 g/mol. The summed E-state index contributed by atoms with van der Waals surface area (Å²) < 4.78 is 5.06. The number of fused-ring (bicyclic) bond motifs is 2. The van der Waals surface area contributed by atoms with Gasteiger partial charge in [-0.15, -0.1) is 0 Å².